The summed E-state index contributed by atoms with van der Waals surface area (Å²) in [5, 5.41) is 4.67. The first-order valence-corrected chi connectivity index (χ1v) is 6.93. The summed E-state index contributed by atoms with van der Waals surface area (Å²) in [6, 6.07) is 10.5. The number of aromatic nitrogens is 1. The molecule has 0 spiro atoms. The van der Waals surface area contributed by atoms with E-state index in [1.54, 1.807) is 0 Å². The van der Waals surface area contributed by atoms with E-state index < -0.39 is 0 Å². The van der Waals surface area contributed by atoms with Crippen molar-refractivity contribution in [1.29, 1.82) is 0 Å². The lowest BCUT2D eigenvalue weighted by Gasteiger charge is -2.11. The molecule has 0 bridgehead atoms. The largest absolute Gasteiger partial charge is 0.312 e. The third kappa shape index (κ3) is 3.69. The van der Waals surface area contributed by atoms with Crippen LogP contribution in [0.15, 0.2) is 36.5 Å². The molecular weight excluding hydrogens is 244 g/mol. The Morgan fingerprint density at radius 3 is 3.06 bits per heavy atom. The quantitative estimate of drug-likeness (QED) is 0.805. The molecule has 1 heterocycles. The molecule has 0 saturated heterocycles. The number of benzene rings is 1. The zero-order chi connectivity index (χ0) is 12.8. The SMILES string of the molecule is CC(CCCl)CNCc1ccc2ncccc2c1. The Hall–Kier alpha value is -1.12. The summed E-state index contributed by atoms with van der Waals surface area (Å²) < 4.78 is 0. The number of pyridine rings is 1. The topological polar surface area (TPSA) is 24.9 Å². The summed E-state index contributed by atoms with van der Waals surface area (Å²) in [6.07, 6.45) is 2.89. The van der Waals surface area contributed by atoms with E-state index in [1.165, 1.54) is 10.9 Å². The standard InChI is InChI=1S/C15H19ClN2/c1-12(6-7-16)10-17-11-13-4-5-15-14(9-13)3-2-8-18-15/h2-5,8-9,12,17H,6-7,10-11H2,1H3. The summed E-state index contributed by atoms with van der Waals surface area (Å²) in [6.45, 7) is 4.13. The lowest BCUT2D eigenvalue weighted by atomic mass is 10.1. The Morgan fingerprint density at radius 2 is 2.22 bits per heavy atom. The molecule has 1 atom stereocenters. The van der Waals surface area contributed by atoms with Crippen molar-refractivity contribution in [3.8, 4) is 0 Å². The van der Waals surface area contributed by atoms with Crippen molar-refractivity contribution in [3.05, 3.63) is 42.1 Å². The van der Waals surface area contributed by atoms with E-state index in [-0.39, 0.29) is 0 Å². The minimum atomic E-state index is 0.629. The highest BCUT2D eigenvalue weighted by Crippen LogP contribution is 2.13. The molecular formula is C15H19ClN2. The van der Waals surface area contributed by atoms with Gasteiger partial charge in [0.15, 0.2) is 0 Å². The molecule has 96 valence electrons. The zero-order valence-corrected chi connectivity index (χ0v) is 11.5. The van der Waals surface area contributed by atoms with Crippen LogP contribution in [0.2, 0.25) is 0 Å². The maximum atomic E-state index is 5.72. The van der Waals surface area contributed by atoms with Crippen molar-refractivity contribution in [2.24, 2.45) is 5.92 Å². The second-order valence-electron chi connectivity index (χ2n) is 4.74. The van der Waals surface area contributed by atoms with E-state index in [4.69, 9.17) is 11.6 Å². The first kappa shape index (κ1) is 13.3. The molecule has 0 aliphatic rings. The van der Waals surface area contributed by atoms with Gasteiger partial charge in [0.1, 0.15) is 0 Å². The number of nitrogens with one attached hydrogen (secondary N) is 1. The van der Waals surface area contributed by atoms with Gasteiger partial charge >= 0.3 is 0 Å². The van der Waals surface area contributed by atoms with Crippen LogP contribution in [-0.4, -0.2) is 17.4 Å². The Labute approximate surface area is 113 Å². The third-order valence-electron chi connectivity index (χ3n) is 3.09. The zero-order valence-electron chi connectivity index (χ0n) is 10.7. The van der Waals surface area contributed by atoms with Crippen molar-refractivity contribution >= 4 is 22.5 Å². The first-order chi connectivity index (χ1) is 8.79. The van der Waals surface area contributed by atoms with E-state index in [0.29, 0.717) is 5.92 Å². The fourth-order valence-corrected chi connectivity index (χ4v) is 2.36. The van der Waals surface area contributed by atoms with Gasteiger partial charge in [0.05, 0.1) is 5.52 Å². The highest BCUT2D eigenvalue weighted by atomic mass is 35.5. The molecule has 0 aliphatic carbocycles. The van der Waals surface area contributed by atoms with Crippen molar-refractivity contribution in [1.82, 2.24) is 10.3 Å². The smallest absolute Gasteiger partial charge is 0.0702 e. The molecule has 1 aromatic carbocycles. The van der Waals surface area contributed by atoms with E-state index in [0.717, 1.165) is 30.9 Å². The minimum absolute atomic E-state index is 0.629. The summed E-state index contributed by atoms with van der Waals surface area (Å²) in [7, 11) is 0. The van der Waals surface area contributed by atoms with E-state index >= 15 is 0 Å². The van der Waals surface area contributed by atoms with Gasteiger partial charge < -0.3 is 5.32 Å². The number of halogens is 1. The van der Waals surface area contributed by atoms with E-state index in [9.17, 15) is 0 Å². The van der Waals surface area contributed by atoms with Gasteiger partial charge in [-0.25, -0.2) is 0 Å². The summed E-state index contributed by atoms with van der Waals surface area (Å²) >= 11 is 5.72. The predicted molar refractivity (Wildman–Crippen MR) is 78.0 cm³/mol. The lowest BCUT2D eigenvalue weighted by molar-refractivity contribution is 0.502. The van der Waals surface area contributed by atoms with Crippen LogP contribution >= 0.6 is 11.6 Å². The summed E-state index contributed by atoms with van der Waals surface area (Å²) in [5.74, 6) is 1.37. The van der Waals surface area contributed by atoms with Crippen LogP contribution in [0, 0.1) is 5.92 Å². The average molecular weight is 263 g/mol. The molecule has 1 N–H and O–H groups in total. The van der Waals surface area contributed by atoms with Crippen LogP contribution in [0.3, 0.4) is 0 Å². The van der Waals surface area contributed by atoms with Gasteiger partial charge in [0.2, 0.25) is 0 Å². The minimum Gasteiger partial charge on any atom is -0.312 e. The van der Waals surface area contributed by atoms with Crippen molar-refractivity contribution in [3.63, 3.8) is 0 Å². The number of alkyl halides is 1. The second-order valence-corrected chi connectivity index (χ2v) is 5.12. The normalized spacial score (nSPS) is 12.8. The fraction of sp³-hybridized carbons (Fsp3) is 0.400. The Balaban J connectivity index is 1.91. The van der Waals surface area contributed by atoms with Crippen LogP contribution in [0.4, 0.5) is 0 Å². The molecule has 1 unspecified atom stereocenters. The van der Waals surface area contributed by atoms with Crippen LogP contribution in [0.5, 0.6) is 0 Å². The van der Waals surface area contributed by atoms with Gasteiger partial charge in [0, 0.05) is 24.0 Å². The number of fused-ring (bicyclic) bond motifs is 1. The van der Waals surface area contributed by atoms with Crippen molar-refractivity contribution < 1.29 is 0 Å². The molecule has 0 radical (unpaired) electrons. The predicted octanol–water partition coefficient (Wildman–Crippen LogP) is 3.59. The molecule has 1 aromatic heterocycles. The Bertz CT molecular complexity index is 499. The van der Waals surface area contributed by atoms with Gasteiger partial charge in [-0.3, -0.25) is 4.98 Å². The van der Waals surface area contributed by atoms with Crippen LogP contribution < -0.4 is 5.32 Å². The highest BCUT2D eigenvalue weighted by molar-refractivity contribution is 6.17. The molecule has 2 rings (SSSR count). The molecule has 2 aromatic rings. The van der Waals surface area contributed by atoms with Gasteiger partial charge in [-0.15, -0.1) is 11.6 Å². The monoisotopic (exact) mass is 262 g/mol. The van der Waals surface area contributed by atoms with E-state index in [2.05, 4.69) is 41.5 Å². The fourth-order valence-electron chi connectivity index (χ4n) is 1.99. The number of hydrogen-bond donors (Lipinski definition) is 1. The van der Waals surface area contributed by atoms with Crippen LogP contribution in [-0.2, 0) is 6.54 Å². The van der Waals surface area contributed by atoms with Gasteiger partial charge in [-0.2, -0.15) is 0 Å². The van der Waals surface area contributed by atoms with Gasteiger partial charge in [-0.1, -0.05) is 19.1 Å². The van der Waals surface area contributed by atoms with Gasteiger partial charge in [0.25, 0.3) is 0 Å². The summed E-state index contributed by atoms with van der Waals surface area (Å²) in [5.41, 5.74) is 2.35. The molecule has 0 saturated carbocycles. The summed E-state index contributed by atoms with van der Waals surface area (Å²) in [4.78, 5) is 4.32. The van der Waals surface area contributed by atoms with Crippen LogP contribution in [0.25, 0.3) is 10.9 Å². The second kappa shape index (κ2) is 6.72. The molecule has 0 aliphatic heterocycles. The van der Waals surface area contributed by atoms with E-state index in [1.807, 2.05) is 12.3 Å². The lowest BCUT2D eigenvalue weighted by Crippen LogP contribution is -2.20. The maximum absolute atomic E-state index is 5.72. The Kier molecular flexibility index (Phi) is 4.97. The molecule has 2 nitrogen and oxygen atoms in total. The van der Waals surface area contributed by atoms with Crippen molar-refractivity contribution in [2.75, 3.05) is 12.4 Å². The van der Waals surface area contributed by atoms with Crippen molar-refractivity contribution in [2.45, 2.75) is 19.9 Å². The number of hydrogen-bond acceptors (Lipinski definition) is 2. The maximum Gasteiger partial charge on any atom is 0.0702 e. The molecule has 3 heteroatoms. The number of rotatable bonds is 6. The molecule has 18 heavy (non-hydrogen) atoms. The van der Waals surface area contributed by atoms with Gasteiger partial charge in [-0.05, 0) is 42.6 Å². The first-order valence-electron chi connectivity index (χ1n) is 6.40. The highest BCUT2D eigenvalue weighted by Gasteiger charge is 2.01. The molecule has 0 fully saturated rings. The molecule has 0 amide bonds. The Morgan fingerprint density at radius 1 is 1.33 bits per heavy atom. The number of nitrogens with zero attached hydrogens (tertiary/aromatic N) is 1. The third-order valence-corrected chi connectivity index (χ3v) is 3.31. The van der Waals surface area contributed by atoms with Crippen LogP contribution in [0.1, 0.15) is 18.9 Å². The average Bonchev–Trinajstić information content (AvgIpc) is 2.39.